The maximum absolute atomic E-state index is 12.2. The van der Waals surface area contributed by atoms with Gasteiger partial charge in [-0.25, -0.2) is 9.36 Å². The molecule has 0 unspecified atom stereocenters. The topological polar surface area (TPSA) is 160 Å². The zero-order valence-electron chi connectivity index (χ0n) is 18.0. The van der Waals surface area contributed by atoms with Crippen molar-refractivity contribution in [3.63, 3.8) is 0 Å². The van der Waals surface area contributed by atoms with Crippen LogP contribution in [0.3, 0.4) is 0 Å². The monoisotopic (exact) mass is 477 g/mol. The number of primary amides is 1. The molecule has 3 amide bonds. The van der Waals surface area contributed by atoms with Gasteiger partial charge in [0.25, 0.3) is 5.91 Å². The summed E-state index contributed by atoms with van der Waals surface area (Å²) in [4.78, 5) is 41.7. The van der Waals surface area contributed by atoms with E-state index in [1.807, 2.05) is 0 Å². The van der Waals surface area contributed by atoms with Crippen LogP contribution in [0, 0.1) is 5.92 Å². The molecule has 1 aliphatic carbocycles. The fourth-order valence-electron chi connectivity index (χ4n) is 3.66. The van der Waals surface area contributed by atoms with Crippen LogP contribution in [-0.4, -0.2) is 28.3 Å². The van der Waals surface area contributed by atoms with Crippen LogP contribution in [0.4, 0.5) is 10.5 Å². The first-order valence-corrected chi connectivity index (χ1v) is 12.2. The Morgan fingerprint density at radius 2 is 1.76 bits per heavy atom. The molecule has 2 aromatic rings. The molecule has 6 N–H and O–H groups in total. The van der Waals surface area contributed by atoms with E-state index in [0.29, 0.717) is 29.5 Å². The Hall–Kier alpha value is -3.07. The Kier molecular flexibility index (Phi) is 8.32. The Morgan fingerprint density at radius 3 is 2.39 bits per heavy atom. The predicted octanol–water partition coefficient (Wildman–Crippen LogP) is 3.54. The molecule has 0 bridgehead atoms. The van der Waals surface area contributed by atoms with Crippen LogP contribution in [-0.2, 0) is 11.1 Å². The normalized spacial score (nSPS) is 14.4. The molecule has 1 fully saturated rings. The molecule has 11 heteroatoms. The Morgan fingerprint density at radius 1 is 1.06 bits per heavy atom. The van der Waals surface area contributed by atoms with E-state index >= 15 is 0 Å². The van der Waals surface area contributed by atoms with E-state index in [0.717, 1.165) is 12.8 Å². The highest BCUT2D eigenvalue weighted by Crippen LogP contribution is 2.37. The minimum atomic E-state index is -4.64. The van der Waals surface area contributed by atoms with Crippen molar-refractivity contribution in [1.29, 1.82) is 0 Å². The third-order valence-electron chi connectivity index (χ3n) is 5.30. The van der Waals surface area contributed by atoms with Gasteiger partial charge in [0.05, 0.1) is 12.2 Å². The van der Waals surface area contributed by atoms with Crippen molar-refractivity contribution >= 4 is 25.4 Å². The predicted molar refractivity (Wildman–Crippen MR) is 122 cm³/mol. The van der Waals surface area contributed by atoms with Gasteiger partial charge in [0.1, 0.15) is 11.5 Å². The van der Waals surface area contributed by atoms with Crippen LogP contribution in [0.15, 0.2) is 42.5 Å². The van der Waals surface area contributed by atoms with Crippen molar-refractivity contribution in [2.24, 2.45) is 11.7 Å². The largest absolute Gasteiger partial charge is 0.524 e. The molecule has 0 aliphatic heterocycles. The average molecular weight is 477 g/mol. The van der Waals surface area contributed by atoms with Gasteiger partial charge in [-0.05, 0) is 60.7 Å². The summed E-state index contributed by atoms with van der Waals surface area (Å²) in [5.74, 6) is 0.303. The number of nitrogens with one attached hydrogen (secondary N) is 2. The van der Waals surface area contributed by atoms with Gasteiger partial charge in [0, 0.05) is 12.2 Å². The fourth-order valence-corrected chi connectivity index (χ4v) is 4.06. The van der Waals surface area contributed by atoms with E-state index < -0.39 is 19.8 Å². The summed E-state index contributed by atoms with van der Waals surface area (Å²) in [5.41, 5.74) is 6.87. The van der Waals surface area contributed by atoms with E-state index in [-0.39, 0.29) is 17.9 Å². The summed E-state index contributed by atoms with van der Waals surface area (Å²) in [6.07, 6.45) is 5.92. The number of carbonyl (C=O) groups is 2. The second kappa shape index (κ2) is 11.2. The van der Waals surface area contributed by atoms with Crippen molar-refractivity contribution < 1.29 is 33.2 Å². The summed E-state index contributed by atoms with van der Waals surface area (Å²) in [7, 11) is -4.64. The lowest BCUT2D eigenvalue weighted by molar-refractivity contribution is 0.0994. The van der Waals surface area contributed by atoms with Gasteiger partial charge in [-0.1, -0.05) is 25.3 Å². The average Bonchev–Trinajstić information content (AvgIpc) is 2.77. The number of phosphoric ester groups is 1. The molecule has 3 rings (SSSR count). The first-order chi connectivity index (χ1) is 15.7. The van der Waals surface area contributed by atoms with Gasteiger partial charge in [0.2, 0.25) is 0 Å². The Balaban J connectivity index is 1.53. The van der Waals surface area contributed by atoms with Crippen LogP contribution < -0.4 is 25.6 Å². The van der Waals surface area contributed by atoms with E-state index in [2.05, 4.69) is 15.2 Å². The Bertz CT molecular complexity index is 1020. The molecule has 0 atom stereocenters. The lowest BCUT2D eigenvalue weighted by Gasteiger charge is -2.22. The zero-order chi connectivity index (χ0) is 23.8. The molecule has 10 nitrogen and oxygen atoms in total. The molecule has 0 radical (unpaired) electrons. The molecular formula is C22H28N3O7P. The first-order valence-electron chi connectivity index (χ1n) is 10.7. The van der Waals surface area contributed by atoms with E-state index in [9.17, 15) is 14.2 Å². The quantitative estimate of drug-likeness (QED) is 0.345. The molecule has 1 saturated carbocycles. The highest BCUT2D eigenvalue weighted by Gasteiger charge is 2.17. The van der Waals surface area contributed by atoms with Crippen LogP contribution >= 0.6 is 7.82 Å². The number of hydrogen-bond donors (Lipinski definition) is 5. The number of hydrogen-bond acceptors (Lipinski definition) is 5. The SMILES string of the molecule is NC(=O)c1cc(CNC(=O)Nc2ccc(OP(=O)(O)O)cc2)ccc1OCC1CCCCC1. The van der Waals surface area contributed by atoms with Gasteiger partial charge in [-0.3, -0.25) is 14.6 Å². The zero-order valence-corrected chi connectivity index (χ0v) is 18.9. The number of phosphoric acid groups is 1. The standard InChI is InChI=1S/C22H28N3O7P/c23-21(26)19-12-16(6-11-20(19)31-14-15-4-2-1-3-5-15)13-24-22(27)25-17-7-9-18(10-8-17)32-33(28,29)30/h6-12,15H,1-5,13-14H2,(H2,23,26)(H2,24,25,27)(H2,28,29,30). The number of carbonyl (C=O) groups excluding carboxylic acids is 2. The molecule has 0 spiro atoms. The molecule has 0 aromatic heterocycles. The van der Waals surface area contributed by atoms with E-state index in [1.165, 1.54) is 43.5 Å². The highest BCUT2D eigenvalue weighted by atomic mass is 31.2. The minimum Gasteiger partial charge on any atom is -0.492 e. The number of benzene rings is 2. The van der Waals surface area contributed by atoms with Crippen molar-refractivity contribution in [3.8, 4) is 11.5 Å². The molecule has 178 valence electrons. The maximum atomic E-state index is 12.2. The van der Waals surface area contributed by atoms with Gasteiger partial charge in [-0.2, -0.15) is 0 Å². The first kappa shape index (κ1) is 24.6. The van der Waals surface area contributed by atoms with Gasteiger partial charge >= 0.3 is 13.9 Å². The number of ether oxygens (including phenoxy) is 1. The summed E-state index contributed by atoms with van der Waals surface area (Å²) in [6, 6.07) is 10.1. The summed E-state index contributed by atoms with van der Waals surface area (Å²) < 4.78 is 21.2. The van der Waals surface area contributed by atoms with Gasteiger partial charge in [0.15, 0.2) is 0 Å². The van der Waals surface area contributed by atoms with Crippen molar-refractivity contribution in [2.75, 3.05) is 11.9 Å². The molecule has 0 saturated heterocycles. The van der Waals surface area contributed by atoms with Crippen molar-refractivity contribution in [2.45, 2.75) is 38.6 Å². The summed E-state index contributed by atoms with van der Waals surface area (Å²) in [6.45, 7) is 0.701. The van der Waals surface area contributed by atoms with Crippen molar-refractivity contribution in [3.05, 3.63) is 53.6 Å². The fraction of sp³-hybridized carbons (Fsp3) is 0.364. The lowest BCUT2D eigenvalue weighted by atomic mass is 9.90. The number of amides is 3. The van der Waals surface area contributed by atoms with Crippen LogP contribution in [0.5, 0.6) is 11.5 Å². The molecule has 33 heavy (non-hydrogen) atoms. The Labute approximate surface area is 191 Å². The number of anilines is 1. The third kappa shape index (κ3) is 8.09. The molecule has 2 aromatic carbocycles. The minimum absolute atomic E-state index is 0.0286. The van der Waals surface area contributed by atoms with Crippen LogP contribution in [0.25, 0.3) is 0 Å². The molecular weight excluding hydrogens is 449 g/mol. The van der Waals surface area contributed by atoms with Crippen LogP contribution in [0.2, 0.25) is 0 Å². The van der Waals surface area contributed by atoms with E-state index in [1.54, 1.807) is 18.2 Å². The number of urea groups is 1. The highest BCUT2D eigenvalue weighted by molar-refractivity contribution is 7.46. The molecule has 0 heterocycles. The van der Waals surface area contributed by atoms with Gasteiger partial charge < -0.3 is 25.6 Å². The lowest BCUT2D eigenvalue weighted by Crippen LogP contribution is -2.28. The molecule has 1 aliphatic rings. The third-order valence-corrected chi connectivity index (χ3v) is 5.75. The van der Waals surface area contributed by atoms with Crippen LogP contribution in [0.1, 0.15) is 48.0 Å². The van der Waals surface area contributed by atoms with Crippen molar-refractivity contribution in [1.82, 2.24) is 5.32 Å². The number of rotatable bonds is 9. The number of nitrogens with two attached hydrogens (primary N) is 1. The summed E-state index contributed by atoms with van der Waals surface area (Å²) >= 11 is 0. The van der Waals surface area contributed by atoms with E-state index in [4.69, 9.17) is 20.3 Å². The second-order valence-corrected chi connectivity index (χ2v) is 9.09. The smallest absolute Gasteiger partial charge is 0.492 e. The van der Waals surface area contributed by atoms with Gasteiger partial charge in [-0.15, -0.1) is 0 Å². The maximum Gasteiger partial charge on any atom is 0.524 e. The summed E-state index contributed by atoms with van der Waals surface area (Å²) in [5, 5.41) is 5.26. The second-order valence-electron chi connectivity index (χ2n) is 7.92.